The van der Waals surface area contributed by atoms with Gasteiger partial charge in [0.05, 0.1) is 4.20 Å². The molecule has 0 aliphatic carbocycles. The van der Waals surface area contributed by atoms with Gasteiger partial charge in [-0.25, -0.2) is 0 Å². The normalized spacial score (nSPS) is 10.8. The maximum absolute atomic E-state index is 5.11. The molecule has 0 nitrogen and oxygen atoms in total. The van der Waals surface area contributed by atoms with E-state index in [9.17, 15) is 0 Å². The molecule has 23 heavy (non-hydrogen) atoms. The van der Waals surface area contributed by atoms with Gasteiger partial charge in [-0.3, -0.25) is 0 Å². The zero-order valence-corrected chi connectivity index (χ0v) is 17.3. The molecule has 0 aromatic rings. The lowest BCUT2D eigenvalue weighted by atomic mass is 10.0. The molecular weight excluding hydrogens is 316 g/mol. The first kappa shape index (κ1) is 23.2. The Morgan fingerprint density at radius 3 is 1.39 bits per heavy atom. The second-order valence-electron chi connectivity index (χ2n) is 6.67. The van der Waals surface area contributed by atoms with Gasteiger partial charge in [0, 0.05) is 0 Å². The molecule has 0 N–H and O–H groups in total. The zero-order chi connectivity index (χ0) is 17.0. The number of hydrogen-bond donors (Lipinski definition) is 0. The van der Waals surface area contributed by atoms with Gasteiger partial charge < -0.3 is 0 Å². The average Bonchev–Trinajstić information content (AvgIpc) is 2.57. The Hall–Kier alpha value is 0.180. The lowest BCUT2D eigenvalue weighted by molar-refractivity contribution is 0.532. The van der Waals surface area contributed by atoms with Crippen molar-refractivity contribution >= 4 is 28.2 Å². The van der Waals surface area contributed by atoms with Gasteiger partial charge in [-0.15, -0.1) is 11.8 Å². The van der Waals surface area contributed by atoms with Crippen LogP contribution in [-0.2, 0) is 0 Å². The third kappa shape index (κ3) is 20.1. The molecule has 2 heteroatoms. The highest BCUT2D eigenvalue weighted by Gasteiger charge is 1.95. The summed E-state index contributed by atoms with van der Waals surface area (Å²) in [5, 5.41) is 0. The maximum atomic E-state index is 5.11. The molecule has 0 aliphatic heterocycles. The monoisotopic (exact) mass is 356 g/mol. The first-order valence-electron chi connectivity index (χ1n) is 10.1. The van der Waals surface area contributed by atoms with E-state index in [0.29, 0.717) is 0 Å². The fraction of sp³-hybridized carbons (Fsp3) is 0.857. The summed E-state index contributed by atoms with van der Waals surface area (Å²) in [6.45, 7) is 5.98. The van der Waals surface area contributed by atoms with Crippen molar-refractivity contribution in [3.8, 4) is 0 Å². The van der Waals surface area contributed by atoms with Gasteiger partial charge >= 0.3 is 0 Å². The number of unbranched alkanes of at least 4 members (excludes halogenated alkanes) is 15. The first-order chi connectivity index (χ1) is 11.3. The van der Waals surface area contributed by atoms with E-state index in [0.717, 1.165) is 4.20 Å². The lowest BCUT2D eigenvalue weighted by Crippen LogP contribution is -1.87. The minimum Gasteiger partial charge on any atom is -0.115 e. The SMILES string of the molecule is C=CC(=S)SCCCCCCCCCCCCCCCCCC. The van der Waals surface area contributed by atoms with E-state index in [1.165, 1.54) is 108 Å². The van der Waals surface area contributed by atoms with Crippen molar-refractivity contribution in [3.63, 3.8) is 0 Å². The molecule has 0 bridgehead atoms. The molecule has 0 fully saturated rings. The van der Waals surface area contributed by atoms with Crippen LogP contribution < -0.4 is 0 Å². The van der Waals surface area contributed by atoms with Crippen LogP contribution in [0.3, 0.4) is 0 Å². The van der Waals surface area contributed by atoms with E-state index in [1.807, 2.05) is 0 Å². The third-order valence-corrected chi connectivity index (χ3v) is 5.87. The smallest absolute Gasteiger partial charge is 0.0699 e. The summed E-state index contributed by atoms with van der Waals surface area (Å²) in [5.41, 5.74) is 0. The second kappa shape index (κ2) is 20.2. The molecule has 0 aromatic carbocycles. The molecule has 0 amide bonds. The highest BCUT2D eigenvalue weighted by Crippen LogP contribution is 2.15. The minimum atomic E-state index is 0.950. The number of hydrogen-bond acceptors (Lipinski definition) is 2. The molecule has 136 valence electrons. The fourth-order valence-corrected chi connectivity index (χ4v) is 3.80. The molecular formula is C21H40S2. The Morgan fingerprint density at radius 2 is 1.04 bits per heavy atom. The van der Waals surface area contributed by atoms with E-state index < -0.39 is 0 Å². The molecule has 0 spiro atoms. The molecule has 0 atom stereocenters. The van der Waals surface area contributed by atoms with Crippen LogP contribution in [0.25, 0.3) is 0 Å². The van der Waals surface area contributed by atoms with Gasteiger partial charge in [0.2, 0.25) is 0 Å². The molecule has 0 heterocycles. The summed E-state index contributed by atoms with van der Waals surface area (Å²) < 4.78 is 0.950. The lowest BCUT2D eigenvalue weighted by Gasteiger charge is -2.03. The summed E-state index contributed by atoms with van der Waals surface area (Å²) in [4.78, 5) is 0. The van der Waals surface area contributed by atoms with Crippen molar-refractivity contribution in [3.05, 3.63) is 12.7 Å². The van der Waals surface area contributed by atoms with Crippen molar-refractivity contribution in [1.82, 2.24) is 0 Å². The third-order valence-electron chi connectivity index (χ3n) is 4.41. The number of thiocarbonyl (C=S) groups is 1. The largest absolute Gasteiger partial charge is 0.115 e. The highest BCUT2D eigenvalue weighted by molar-refractivity contribution is 8.23. The Morgan fingerprint density at radius 1 is 0.696 bits per heavy atom. The topological polar surface area (TPSA) is 0 Å². The van der Waals surface area contributed by atoms with Crippen LogP contribution in [0.2, 0.25) is 0 Å². The van der Waals surface area contributed by atoms with E-state index in [4.69, 9.17) is 12.2 Å². The van der Waals surface area contributed by atoms with Crippen LogP contribution in [-0.4, -0.2) is 9.95 Å². The van der Waals surface area contributed by atoms with E-state index in [1.54, 1.807) is 17.8 Å². The maximum Gasteiger partial charge on any atom is 0.0699 e. The van der Waals surface area contributed by atoms with Crippen LogP contribution in [0.15, 0.2) is 12.7 Å². The van der Waals surface area contributed by atoms with Crippen molar-refractivity contribution in [2.45, 2.75) is 110 Å². The molecule has 0 radical (unpaired) electrons. The number of rotatable bonds is 18. The average molecular weight is 357 g/mol. The predicted molar refractivity (Wildman–Crippen MR) is 115 cm³/mol. The molecule has 0 aliphatic rings. The molecule has 0 saturated heterocycles. The Bertz CT molecular complexity index is 261. The van der Waals surface area contributed by atoms with Crippen molar-refractivity contribution in [2.24, 2.45) is 0 Å². The summed E-state index contributed by atoms with van der Waals surface area (Å²) in [6, 6.07) is 0. The summed E-state index contributed by atoms with van der Waals surface area (Å²) in [5.74, 6) is 1.17. The van der Waals surface area contributed by atoms with Crippen LogP contribution >= 0.6 is 24.0 Å². The summed E-state index contributed by atoms with van der Waals surface area (Å²) in [6.07, 6.45) is 24.7. The molecule has 0 aromatic heterocycles. The summed E-state index contributed by atoms with van der Waals surface area (Å²) in [7, 11) is 0. The first-order valence-corrected chi connectivity index (χ1v) is 11.5. The van der Waals surface area contributed by atoms with Crippen LogP contribution in [0, 0.1) is 0 Å². The zero-order valence-electron chi connectivity index (χ0n) is 15.6. The van der Waals surface area contributed by atoms with Crippen molar-refractivity contribution in [1.29, 1.82) is 0 Å². The fourth-order valence-electron chi connectivity index (χ4n) is 2.88. The van der Waals surface area contributed by atoms with Gasteiger partial charge in [-0.1, -0.05) is 122 Å². The van der Waals surface area contributed by atoms with E-state index >= 15 is 0 Å². The van der Waals surface area contributed by atoms with Crippen LogP contribution in [0.1, 0.15) is 110 Å². The van der Waals surface area contributed by atoms with E-state index in [-0.39, 0.29) is 0 Å². The second-order valence-corrected chi connectivity index (χ2v) is 8.51. The van der Waals surface area contributed by atoms with Gasteiger partial charge in [0.25, 0.3) is 0 Å². The Kier molecular flexibility index (Phi) is 20.4. The van der Waals surface area contributed by atoms with E-state index in [2.05, 4.69) is 13.5 Å². The van der Waals surface area contributed by atoms with Gasteiger partial charge in [-0.05, 0) is 18.2 Å². The van der Waals surface area contributed by atoms with Crippen molar-refractivity contribution in [2.75, 3.05) is 5.75 Å². The number of thioether (sulfide) groups is 1. The molecule has 0 rings (SSSR count). The quantitative estimate of drug-likeness (QED) is 0.137. The summed E-state index contributed by atoms with van der Waals surface area (Å²) >= 11 is 6.89. The van der Waals surface area contributed by atoms with Crippen molar-refractivity contribution < 1.29 is 0 Å². The van der Waals surface area contributed by atoms with Crippen LogP contribution in [0.5, 0.6) is 0 Å². The Balaban J connectivity index is 3.00. The minimum absolute atomic E-state index is 0.950. The molecule has 0 unspecified atom stereocenters. The van der Waals surface area contributed by atoms with Gasteiger partial charge in [-0.2, -0.15) is 0 Å². The standard InChI is InChI=1S/C21H40S2/c1-3-5-6-7-8-9-10-11-12-13-14-15-16-17-18-19-20-23-21(22)4-2/h4H,2-3,5-20H2,1H3. The Labute approximate surface area is 156 Å². The van der Waals surface area contributed by atoms with Crippen LogP contribution in [0.4, 0.5) is 0 Å². The van der Waals surface area contributed by atoms with Gasteiger partial charge in [0.1, 0.15) is 0 Å². The van der Waals surface area contributed by atoms with Gasteiger partial charge in [0.15, 0.2) is 0 Å². The molecule has 0 saturated carbocycles. The predicted octanol–water partition coefficient (Wildman–Crippen LogP) is 8.49. The highest BCUT2D eigenvalue weighted by atomic mass is 32.2.